The smallest absolute Gasteiger partial charge is 0.275 e. The fourth-order valence-electron chi connectivity index (χ4n) is 1.34. The van der Waals surface area contributed by atoms with Gasteiger partial charge in [0.05, 0.1) is 4.92 Å². The summed E-state index contributed by atoms with van der Waals surface area (Å²) >= 11 is 1.18. The molecule has 0 unspecified atom stereocenters. The lowest BCUT2D eigenvalue weighted by molar-refractivity contribution is -0.384. The van der Waals surface area contributed by atoms with Crippen molar-refractivity contribution in [1.29, 1.82) is 0 Å². The molecule has 0 saturated heterocycles. The van der Waals surface area contributed by atoms with Crippen molar-refractivity contribution in [3.63, 3.8) is 0 Å². The number of hydrogen-bond acceptors (Lipinski definition) is 5. The third kappa shape index (κ3) is 2.94. The zero-order valence-electron chi connectivity index (χ0n) is 9.49. The molecule has 2 aromatic rings. The number of amides is 1. The molecule has 6 nitrogen and oxygen atoms in total. The first-order valence-electron chi connectivity index (χ1n) is 5.08. The molecule has 1 aromatic heterocycles. The summed E-state index contributed by atoms with van der Waals surface area (Å²) in [5.41, 5.74) is 0.416. The minimum absolute atomic E-state index is 0.0969. The van der Waals surface area contributed by atoms with Gasteiger partial charge in [0.2, 0.25) is 0 Å². The second-order valence-corrected chi connectivity index (χ2v) is 4.30. The number of carbonyl (C=O) groups is 1. The van der Waals surface area contributed by atoms with E-state index in [4.69, 9.17) is 6.42 Å². The van der Waals surface area contributed by atoms with Gasteiger partial charge in [0.25, 0.3) is 11.6 Å². The number of benzene rings is 1. The average Bonchev–Trinajstić information content (AvgIpc) is 2.88. The largest absolute Gasteiger partial charge is 0.320 e. The maximum atomic E-state index is 11.8. The SMILES string of the molecule is C#Cc1nc(C(=O)Nc2cccc([N+](=O)[O-])c2)cs1. The summed E-state index contributed by atoms with van der Waals surface area (Å²) in [5, 5.41) is 15.1. The molecular weight excluding hydrogens is 266 g/mol. The first kappa shape index (κ1) is 12.7. The van der Waals surface area contributed by atoms with Crippen LogP contribution in [0.1, 0.15) is 15.5 Å². The van der Waals surface area contributed by atoms with Crippen LogP contribution in [-0.4, -0.2) is 15.8 Å². The Balaban J connectivity index is 2.17. The lowest BCUT2D eigenvalue weighted by atomic mass is 10.3. The number of terminal acetylenes is 1. The van der Waals surface area contributed by atoms with Crippen molar-refractivity contribution >= 4 is 28.6 Å². The number of carbonyl (C=O) groups excluding carboxylic acids is 1. The van der Waals surface area contributed by atoms with E-state index in [0.29, 0.717) is 10.7 Å². The van der Waals surface area contributed by atoms with E-state index >= 15 is 0 Å². The number of thiazole rings is 1. The number of nitrogens with one attached hydrogen (secondary N) is 1. The molecule has 1 N–H and O–H groups in total. The molecule has 2 rings (SSSR count). The Morgan fingerprint density at radius 3 is 2.95 bits per heavy atom. The van der Waals surface area contributed by atoms with Gasteiger partial charge in [0.15, 0.2) is 5.01 Å². The van der Waals surface area contributed by atoms with Gasteiger partial charge >= 0.3 is 0 Å². The Bertz CT molecular complexity index is 688. The van der Waals surface area contributed by atoms with Crippen LogP contribution in [0.5, 0.6) is 0 Å². The van der Waals surface area contributed by atoms with Gasteiger partial charge in [-0.15, -0.1) is 17.8 Å². The van der Waals surface area contributed by atoms with E-state index in [1.165, 1.54) is 34.9 Å². The number of non-ortho nitro benzene ring substituents is 1. The highest BCUT2D eigenvalue weighted by Gasteiger charge is 2.12. The van der Waals surface area contributed by atoms with Crippen LogP contribution in [-0.2, 0) is 0 Å². The Morgan fingerprint density at radius 2 is 2.32 bits per heavy atom. The monoisotopic (exact) mass is 273 g/mol. The molecular formula is C12H7N3O3S. The minimum Gasteiger partial charge on any atom is -0.320 e. The Kier molecular flexibility index (Phi) is 3.54. The Labute approximate surface area is 112 Å². The zero-order chi connectivity index (χ0) is 13.8. The van der Waals surface area contributed by atoms with Gasteiger partial charge in [-0.2, -0.15) is 0 Å². The van der Waals surface area contributed by atoms with E-state index in [9.17, 15) is 14.9 Å². The van der Waals surface area contributed by atoms with Crippen LogP contribution in [0.15, 0.2) is 29.6 Å². The highest BCUT2D eigenvalue weighted by molar-refractivity contribution is 7.10. The van der Waals surface area contributed by atoms with Gasteiger partial charge in [-0.3, -0.25) is 14.9 Å². The van der Waals surface area contributed by atoms with Gasteiger partial charge in [-0.1, -0.05) is 6.07 Å². The van der Waals surface area contributed by atoms with Crippen molar-refractivity contribution in [2.24, 2.45) is 0 Å². The highest BCUT2D eigenvalue weighted by Crippen LogP contribution is 2.18. The molecule has 0 aliphatic rings. The first-order chi connectivity index (χ1) is 9.10. The Morgan fingerprint density at radius 1 is 1.53 bits per heavy atom. The van der Waals surface area contributed by atoms with Crippen LogP contribution in [0.2, 0.25) is 0 Å². The standard InChI is InChI=1S/C12H7N3O3S/c1-2-11-14-10(7-19-11)12(16)13-8-4-3-5-9(6-8)15(17)18/h1,3-7H,(H,13,16). The number of nitro groups is 1. The van der Waals surface area contributed by atoms with Gasteiger partial charge in [-0.25, -0.2) is 4.98 Å². The highest BCUT2D eigenvalue weighted by atomic mass is 32.1. The van der Waals surface area contributed by atoms with E-state index in [1.807, 2.05) is 0 Å². The normalized spacial score (nSPS) is 9.63. The van der Waals surface area contributed by atoms with Crippen molar-refractivity contribution < 1.29 is 9.72 Å². The summed E-state index contributed by atoms with van der Waals surface area (Å²) in [6.07, 6.45) is 5.16. The van der Waals surface area contributed by atoms with E-state index in [1.54, 1.807) is 6.07 Å². The number of nitro benzene ring substituents is 1. The van der Waals surface area contributed by atoms with E-state index in [2.05, 4.69) is 16.2 Å². The van der Waals surface area contributed by atoms with Crippen LogP contribution in [0.4, 0.5) is 11.4 Å². The second-order valence-electron chi connectivity index (χ2n) is 3.44. The predicted molar refractivity (Wildman–Crippen MR) is 71.1 cm³/mol. The minimum atomic E-state index is -0.533. The summed E-state index contributed by atoms with van der Waals surface area (Å²) in [7, 11) is 0. The van der Waals surface area contributed by atoms with Crippen LogP contribution in [0, 0.1) is 22.5 Å². The molecule has 7 heteroatoms. The molecule has 0 aliphatic heterocycles. The number of rotatable bonds is 3. The molecule has 0 aliphatic carbocycles. The molecule has 19 heavy (non-hydrogen) atoms. The second kappa shape index (κ2) is 5.29. The number of nitrogens with zero attached hydrogens (tertiary/aromatic N) is 2. The average molecular weight is 273 g/mol. The molecule has 94 valence electrons. The molecule has 1 aromatic carbocycles. The summed E-state index contributed by atoms with van der Waals surface area (Å²) in [5.74, 6) is 1.87. The van der Waals surface area contributed by atoms with Gasteiger partial charge in [0, 0.05) is 23.2 Å². The quantitative estimate of drug-likeness (QED) is 0.528. The lowest BCUT2D eigenvalue weighted by Gasteiger charge is -2.02. The van der Waals surface area contributed by atoms with Crippen LogP contribution >= 0.6 is 11.3 Å². The molecule has 0 atom stereocenters. The van der Waals surface area contributed by atoms with Crippen molar-refractivity contribution in [3.05, 3.63) is 50.5 Å². The summed E-state index contributed by atoms with van der Waals surface area (Å²) in [6.45, 7) is 0. The molecule has 0 saturated carbocycles. The maximum Gasteiger partial charge on any atom is 0.275 e. The molecule has 0 bridgehead atoms. The molecule has 0 radical (unpaired) electrons. The van der Waals surface area contributed by atoms with E-state index < -0.39 is 10.8 Å². The third-order valence-electron chi connectivity index (χ3n) is 2.18. The molecule has 1 amide bonds. The topological polar surface area (TPSA) is 85.1 Å². The van der Waals surface area contributed by atoms with E-state index in [0.717, 1.165) is 0 Å². The van der Waals surface area contributed by atoms with Crippen molar-refractivity contribution in [2.75, 3.05) is 5.32 Å². The molecule has 1 heterocycles. The first-order valence-corrected chi connectivity index (χ1v) is 5.96. The van der Waals surface area contributed by atoms with Gasteiger partial charge in [0.1, 0.15) is 5.69 Å². The summed E-state index contributed by atoms with van der Waals surface area (Å²) in [6, 6.07) is 5.66. The van der Waals surface area contributed by atoms with Crippen molar-refractivity contribution in [3.8, 4) is 12.3 Å². The fourth-order valence-corrected chi connectivity index (χ4v) is 1.94. The van der Waals surface area contributed by atoms with Crippen LogP contribution in [0.25, 0.3) is 0 Å². The summed E-state index contributed by atoms with van der Waals surface area (Å²) in [4.78, 5) is 25.8. The van der Waals surface area contributed by atoms with E-state index in [-0.39, 0.29) is 11.4 Å². The van der Waals surface area contributed by atoms with Crippen molar-refractivity contribution in [2.45, 2.75) is 0 Å². The summed E-state index contributed by atoms with van der Waals surface area (Å²) < 4.78 is 0. The number of aromatic nitrogens is 1. The van der Waals surface area contributed by atoms with Crippen molar-refractivity contribution in [1.82, 2.24) is 4.98 Å². The van der Waals surface area contributed by atoms with Crippen LogP contribution < -0.4 is 5.32 Å². The number of hydrogen-bond donors (Lipinski definition) is 1. The number of anilines is 1. The maximum absolute atomic E-state index is 11.8. The Hall–Kier alpha value is -2.72. The van der Waals surface area contributed by atoms with Gasteiger partial charge < -0.3 is 5.32 Å². The lowest BCUT2D eigenvalue weighted by Crippen LogP contribution is -2.12. The zero-order valence-corrected chi connectivity index (χ0v) is 10.3. The van der Waals surface area contributed by atoms with Crippen LogP contribution in [0.3, 0.4) is 0 Å². The predicted octanol–water partition coefficient (Wildman–Crippen LogP) is 2.28. The third-order valence-corrected chi connectivity index (χ3v) is 2.95. The van der Waals surface area contributed by atoms with Gasteiger partial charge in [-0.05, 0) is 12.0 Å². The molecule has 0 spiro atoms. The molecule has 0 fully saturated rings. The fraction of sp³-hybridized carbons (Fsp3) is 0.